The summed E-state index contributed by atoms with van der Waals surface area (Å²) in [4.78, 5) is 4.47. The van der Waals surface area contributed by atoms with Crippen molar-refractivity contribution in [2.24, 2.45) is 0 Å². The molecule has 1 aromatic carbocycles. The molecule has 0 aliphatic rings. The standard InChI is InChI=1S/C15H21N3O/c1-4-18-10-9-17-15(18)13(16-2)11-12-7-5-6-8-14(12)19-3/h5-10,13,16H,4,11H2,1-3H3. The van der Waals surface area contributed by atoms with Crippen LogP contribution < -0.4 is 10.1 Å². The molecule has 0 aliphatic carbocycles. The fraction of sp³-hybridized carbons (Fsp3) is 0.400. The average Bonchev–Trinajstić information content (AvgIpc) is 2.93. The van der Waals surface area contributed by atoms with Crippen LogP contribution in [0.5, 0.6) is 5.75 Å². The summed E-state index contributed by atoms with van der Waals surface area (Å²) in [5.41, 5.74) is 1.19. The van der Waals surface area contributed by atoms with Crippen LogP contribution in [0.15, 0.2) is 36.7 Å². The molecule has 1 N–H and O–H groups in total. The number of hydrogen-bond acceptors (Lipinski definition) is 3. The molecule has 0 fully saturated rings. The Hall–Kier alpha value is -1.81. The maximum absolute atomic E-state index is 5.41. The third-order valence-electron chi connectivity index (χ3n) is 3.37. The van der Waals surface area contributed by atoms with Crippen molar-refractivity contribution in [2.45, 2.75) is 25.9 Å². The number of nitrogens with zero attached hydrogens (tertiary/aromatic N) is 2. The van der Waals surface area contributed by atoms with Crippen molar-refractivity contribution in [1.82, 2.24) is 14.9 Å². The molecule has 1 heterocycles. The molecular formula is C15H21N3O. The van der Waals surface area contributed by atoms with Crippen molar-refractivity contribution in [2.75, 3.05) is 14.2 Å². The van der Waals surface area contributed by atoms with Gasteiger partial charge in [0, 0.05) is 18.9 Å². The summed E-state index contributed by atoms with van der Waals surface area (Å²) in [6, 6.07) is 8.31. The molecule has 2 aromatic rings. The molecule has 0 saturated carbocycles. The van der Waals surface area contributed by atoms with Gasteiger partial charge in [0.25, 0.3) is 0 Å². The maximum Gasteiger partial charge on any atom is 0.126 e. The van der Waals surface area contributed by atoms with Gasteiger partial charge in [-0.25, -0.2) is 4.98 Å². The van der Waals surface area contributed by atoms with E-state index in [1.54, 1.807) is 7.11 Å². The molecule has 1 unspecified atom stereocenters. The van der Waals surface area contributed by atoms with Gasteiger partial charge >= 0.3 is 0 Å². The van der Waals surface area contributed by atoms with E-state index in [0.29, 0.717) is 0 Å². The van der Waals surface area contributed by atoms with Gasteiger partial charge in [0.05, 0.1) is 13.2 Å². The number of rotatable bonds is 6. The molecule has 4 heteroatoms. The first kappa shape index (κ1) is 13.6. The molecule has 102 valence electrons. The molecule has 0 bridgehead atoms. The monoisotopic (exact) mass is 259 g/mol. The first-order valence-electron chi connectivity index (χ1n) is 6.60. The van der Waals surface area contributed by atoms with Crippen LogP contribution in [0, 0.1) is 0 Å². The summed E-state index contributed by atoms with van der Waals surface area (Å²) in [5, 5.41) is 3.34. The number of nitrogens with one attached hydrogen (secondary N) is 1. The van der Waals surface area contributed by atoms with Crippen molar-refractivity contribution in [3.63, 3.8) is 0 Å². The molecule has 0 radical (unpaired) electrons. The van der Waals surface area contributed by atoms with Crippen molar-refractivity contribution in [1.29, 1.82) is 0 Å². The van der Waals surface area contributed by atoms with E-state index in [-0.39, 0.29) is 6.04 Å². The van der Waals surface area contributed by atoms with Gasteiger partial charge in [-0.2, -0.15) is 0 Å². The Morgan fingerprint density at radius 2 is 2.16 bits per heavy atom. The third-order valence-corrected chi connectivity index (χ3v) is 3.37. The molecule has 0 saturated heterocycles. The predicted molar refractivity (Wildman–Crippen MR) is 76.4 cm³/mol. The van der Waals surface area contributed by atoms with Crippen LogP contribution in [0.3, 0.4) is 0 Å². The minimum Gasteiger partial charge on any atom is -0.496 e. The zero-order valence-electron chi connectivity index (χ0n) is 11.8. The van der Waals surface area contributed by atoms with Crippen LogP contribution in [0.4, 0.5) is 0 Å². The van der Waals surface area contributed by atoms with Crippen LogP contribution >= 0.6 is 0 Å². The van der Waals surface area contributed by atoms with E-state index < -0.39 is 0 Å². The summed E-state index contributed by atoms with van der Waals surface area (Å²) in [6.07, 6.45) is 4.73. The molecule has 0 amide bonds. The molecule has 0 aliphatic heterocycles. The Morgan fingerprint density at radius 3 is 2.84 bits per heavy atom. The van der Waals surface area contributed by atoms with Crippen molar-refractivity contribution in [3.05, 3.63) is 48.0 Å². The van der Waals surface area contributed by atoms with Crippen molar-refractivity contribution < 1.29 is 4.74 Å². The number of imidazole rings is 1. The quantitative estimate of drug-likeness (QED) is 0.866. The second kappa shape index (κ2) is 6.38. The number of likely N-dealkylation sites (N-methyl/N-ethyl adjacent to an activating group) is 1. The van der Waals surface area contributed by atoms with Crippen LogP contribution in [0.25, 0.3) is 0 Å². The van der Waals surface area contributed by atoms with Crippen LogP contribution in [0.1, 0.15) is 24.4 Å². The number of para-hydroxylation sites is 1. The minimum atomic E-state index is 0.186. The van der Waals surface area contributed by atoms with Gasteiger partial charge in [0.1, 0.15) is 11.6 Å². The first-order chi connectivity index (χ1) is 9.30. The van der Waals surface area contributed by atoms with E-state index in [2.05, 4.69) is 27.9 Å². The minimum absolute atomic E-state index is 0.186. The van der Waals surface area contributed by atoms with Gasteiger partial charge in [0.2, 0.25) is 0 Å². The summed E-state index contributed by atoms with van der Waals surface area (Å²) in [6.45, 7) is 3.06. The third kappa shape index (κ3) is 2.96. The molecule has 1 aromatic heterocycles. The summed E-state index contributed by atoms with van der Waals surface area (Å²) in [7, 11) is 3.68. The Balaban J connectivity index is 2.24. The number of methoxy groups -OCH3 is 1. The van der Waals surface area contributed by atoms with Crippen LogP contribution in [0.2, 0.25) is 0 Å². The van der Waals surface area contributed by atoms with Gasteiger partial charge in [-0.3, -0.25) is 0 Å². The van der Waals surface area contributed by atoms with Crippen molar-refractivity contribution in [3.8, 4) is 5.75 Å². The summed E-state index contributed by atoms with van der Waals surface area (Å²) >= 11 is 0. The highest BCUT2D eigenvalue weighted by Gasteiger charge is 2.17. The fourth-order valence-electron chi connectivity index (χ4n) is 2.31. The second-order valence-electron chi connectivity index (χ2n) is 4.43. The van der Waals surface area contributed by atoms with Gasteiger partial charge in [-0.05, 0) is 32.0 Å². The fourth-order valence-corrected chi connectivity index (χ4v) is 2.31. The van der Waals surface area contributed by atoms with E-state index in [4.69, 9.17) is 4.74 Å². The number of benzene rings is 1. The van der Waals surface area contributed by atoms with Gasteiger partial charge in [-0.1, -0.05) is 18.2 Å². The Kier molecular flexibility index (Phi) is 4.58. The van der Waals surface area contributed by atoms with E-state index >= 15 is 0 Å². The molecule has 4 nitrogen and oxygen atoms in total. The smallest absolute Gasteiger partial charge is 0.126 e. The number of hydrogen-bond donors (Lipinski definition) is 1. The van der Waals surface area contributed by atoms with Gasteiger partial charge < -0.3 is 14.6 Å². The summed E-state index contributed by atoms with van der Waals surface area (Å²) in [5.74, 6) is 1.99. The van der Waals surface area contributed by atoms with Crippen LogP contribution in [-0.4, -0.2) is 23.7 Å². The number of ether oxygens (including phenoxy) is 1. The second-order valence-corrected chi connectivity index (χ2v) is 4.43. The predicted octanol–water partition coefficient (Wildman–Crippen LogP) is 2.41. The molecule has 19 heavy (non-hydrogen) atoms. The zero-order chi connectivity index (χ0) is 13.7. The van der Waals surface area contributed by atoms with E-state index in [9.17, 15) is 0 Å². The normalized spacial score (nSPS) is 12.4. The molecule has 0 spiro atoms. The van der Waals surface area contributed by atoms with Crippen molar-refractivity contribution >= 4 is 0 Å². The van der Waals surface area contributed by atoms with E-state index in [1.807, 2.05) is 37.6 Å². The highest BCUT2D eigenvalue weighted by molar-refractivity contribution is 5.34. The zero-order valence-corrected chi connectivity index (χ0v) is 11.8. The van der Waals surface area contributed by atoms with Gasteiger partial charge in [0.15, 0.2) is 0 Å². The Morgan fingerprint density at radius 1 is 1.37 bits per heavy atom. The van der Waals surface area contributed by atoms with Gasteiger partial charge in [-0.15, -0.1) is 0 Å². The lowest BCUT2D eigenvalue weighted by molar-refractivity contribution is 0.405. The molecule has 1 atom stereocenters. The van der Waals surface area contributed by atoms with E-state index in [0.717, 1.165) is 24.5 Å². The lowest BCUT2D eigenvalue weighted by atomic mass is 10.0. The van der Waals surface area contributed by atoms with E-state index in [1.165, 1.54) is 5.56 Å². The number of aryl methyl sites for hydroxylation is 1. The lowest BCUT2D eigenvalue weighted by Crippen LogP contribution is -2.23. The maximum atomic E-state index is 5.41. The number of aromatic nitrogens is 2. The molecular weight excluding hydrogens is 238 g/mol. The first-order valence-corrected chi connectivity index (χ1v) is 6.60. The topological polar surface area (TPSA) is 39.1 Å². The Labute approximate surface area is 114 Å². The summed E-state index contributed by atoms with van der Waals surface area (Å²) < 4.78 is 7.57. The average molecular weight is 259 g/mol. The Bertz CT molecular complexity index is 522. The lowest BCUT2D eigenvalue weighted by Gasteiger charge is -2.18. The highest BCUT2D eigenvalue weighted by atomic mass is 16.5. The largest absolute Gasteiger partial charge is 0.496 e. The molecule has 2 rings (SSSR count). The highest BCUT2D eigenvalue weighted by Crippen LogP contribution is 2.24. The SMILES string of the molecule is CCn1ccnc1C(Cc1ccccc1OC)NC. The van der Waals surface area contributed by atoms with Crippen LogP contribution in [-0.2, 0) is 13.0 Å².